The molecule has 1 aromatic carbocycles. The first-order valence-corrected chi connectivity index (χ1v) is 5.86. The number of rotatable bonds is 4. The Kier molecular flexibility index (Phi) is 3.60. The van der Waals surface area contributed by atoms with Gasteiger partial charge in [0.2, 0.25) is 0 Å². The molecule has 0 aliphatic carbocycles. The Morgan fingerprint density at radius 2 is 2.06 bits per heavy atom. The van der Waals surface area contributed by atoms with Gasteiger partial charge >= 0.3 is 6.01 Å². The highest BCUT2D eigenvalue weighted by molar-refractivity contribution is 5.28. The molecule has 1 aromatic heterocycles. The molecule has 0 N–H and O–H groups in total. The zero-order valence-electron chi connectivity index (χ0n) is 10.7. The summed E-state index contributed by atoms with van der Waals surface area (Å²) in [5.74, 6) is 0.641. The van der Waals surface area contributed by atoms with Gasteiger partial charge in [-0.25, -0.2) is 4.39 Å². The Hall–Kier alpha value is -1.91. The minimum absolute atomic E-state index is 0.212. The molecule has 0 unspecified atom stereocenters. The van der Waals surface area contributed by atoms with Crippen LogP contribution in [0.15, 0.2) is 28.8 Å². The van der Waals surface area contributed by atoms with E-state index in [1.54, 1.807) is 30.1 Å². The summed E-state index contributed by atoms with van der Waals surface area (Å²) >= 11 is 0. The number of anilines is 1. The van der Waals surface area contributed by atoms with Crippen LogP contribution >= 0.6 is 0 Å². The number of hydrogen-bond donors (Lipinski definition) is 0. The van der Waals surface area contributed by atoms with Crippen LogP contribution in [0.3, 0.4) is 0 Å². The maximum atomic E-state index is 13.5. The summed E-state index contributed by atoms with van der Waals surface area (Å²) in [6, 6.07) is 7.06. The van der Waals surface area contributed by atoms with Crippen molar-refractivity contribution in [1.29, 1.82) is 0 Å². The first-order valence-electron chi connectivity index (χ1n) is 5.86. The maximum absolute atomic E-state index is 13.5. The normalized spacial score (nSPS) is 10.9. The molecule has 0 atom stereocenters. The molecular formula is C13H16FN3O. The third kappa shape index (κ3) is 2.67. The number of nitrogens with zero attached hydrogens (tertiary/aromatic N) is 3. The van der Waals surface area contributed by atoms with Crippen LogP contribution in [0.25, 0.3) is 0 Å². The fraction of sp³-hybridized carbons (Fsp3) is 0.385. The van der Waals surface area contributed by atoms with Crippen LogP contribution in [0.4, 0.5) is 10.4 Å². The van der Waals surface area contributed by atoms with Gasteiger partial charge in [-0.2, -0.15) is 4.98 Å². The summed E-state index contributed by atoms with van der Waals surface area (Å²) in [6.07, 6.45) is 0. The van der Waals surface area contributed by atoms with Gasteiger partial charge in [-0.3, -0.25) is 0 Å². The molecule has 0 amide bonds. The molecule has 2 aromatic rings. The number of hydrogen-bond acceptors (Lipinski definition) is 4. The Morgan fingerprint density at radius 3 is 2.67 bits per heavy atom. The van der Waals surface area contributed by atoms with Crippen molar-refractivity contribution in [3.05, 3.63) is 41.5 Å². The lowest BCUT2D eigenvalue weighted by atomic mass is 10.2. The molecule has 0 radical (unpaired) electrons. The molecule has 2 rings (SSSR count). The smallest absolute Gasteiger partial charge is 0.323 e. The molecule has 0 aliphatic rings. The second kappa shape index (κ2) is 5.16. The number of aromatic nitrogens is 2. The summed E-state index contributed by atoms with van der Waals surface area (Å²) in [5.41, 5.74) is 0.601. The van der Waals surface area contributed by atoms with Gasteiger partial charge in [-0.15, -0.1) is 0 Å². The fourth-order valence-corrected chi connectivity index (χ4v) is 1.57. The standard InChI is InChI=1S/C13H16FN3O/c1-9(2)12-15-13(18-16-12)17(3)8-10-6-4-5-7-11(10)14/h4-7,9H,8H2,1-3H3. The average molecular weight is 249 g/mol. The number of benzene rings is 1. The lowest BCUT2D eigenvalue weighted by molar-refractivity contribution is 0.406. The van der Waals surface area contributed by atoms with E-state index in [1.165, 1.54) is 6.07 Å². The van der Waals surface area contributed by atoms with Crippen molar-refractivity contribution in [2.24, 2.45) is 0 Å². The molecule has 0 spiro atoms. The van der Waals surface area contributed by atoms with E-state index in [0.717, 1.165) is 0 Å². The summed E-state index contributed by atoms with van der Waals surface area (Å²) in [5, 5.41) is 3.88. The molecule has 18 heavy (non-hydrogen) atoms. The van der Waals surface area contributed by atoms with Crippen LogP contribution < -0.4 is 4.90 Å². The minimum Gasteiger partial charge on any atom is -0.323 e. The second-order valence-electron chi connectivity index (χ2n) is 4.54. The monoisotopic (exact) mass is 249 g/mol. The van der Waals surface area contributed by atoms with Crippen molar-refractivity contribution in [3.8, 4) is 0 Å². The minimum atomic E-state index is -0.229. The van der Waals surface area contributed by atoms with Crippen LogP contribution in [-0.2, 0) is 6.54 Å². The maximum Gasteiger partial charge on any atom is 0.324 e. The van der Waals surface area contributed by atoms with E-state index in [1.807, 2.05) is 13.8 Å². The lowest BCUT2D eigenvalue weighted by Crippen LogP contribution is -2.17. The molecule has 0 saturated heterocycles. The first-order chi connectivity index (χ1) is 8.58. The van der Waals surface area contributed by atoms with Gasteiger partial charge < -0.3 is 9.42 Å². The third-order valence-electron chi connectivity index (χ3n) is 2.64. The van der Waals surface area contributed by atoms with Gasteiger partial charge in [0.1, 0.15) is 5.82 Å². The van der Waals surface area contributed by atoms with Crippen LogP contribution in [0.2, 0.25) is 0 Å². The van der Waals surface area contributed by atoms with Gasteiger partial charge in [-0.1, -0.05) is 37.2 Å². The quantitative estimate of drug-likeness (QED) is 0.835. The largest absolute Gasteiger partial charge is 0.324 e. The second-order valence-corrected chi connectivity index (χ2v) is 4.54. The highest BCUT2D eigenvalue weighted by Crippen LogP contribution is 2.18. The van der Waals surface area contributed by atoms with Gasteiger partial charge in [0, 0.05) is 25.1 Å². The van der Waals surface area contributed by atoms with Crippen molar-refractivity contribution in [2.75, 3.05) is 11.9 Å². The first kappa shape index (κ1) is 12.5. The Labute approximate surface area is 105 Å². The van der Waals surface area contributed by atoms with E-state index >= 15 is 0 Å². The van der Waals surface area contributed by atoms with Crippen LogP contribution in [0, 0.1) is 5.82 Å². The summed E-state index contributed by atoms with van der Waals surface area (Å²) in [4.78, 5) is 5.99. The zero-order chi connectivity index (χ0) is 13.1. The van der Waals surface area contributed by atoms with Crippen molar-refractivity contribution in [3.63, 3.8) is 0 Å². The molecule has 0 fully saturated rings. The molecular weight excluding hydrogens is 233 g/mol. The Bertz CT molecular complexity index is 524. The predicted octanol–water partition coefficient (Wildman–Crippen LogP) is 2.97. The van der Waals surface area contributed by atoms with E-state index in [-0.39, 0.29) is 11.7 Å². The van der Waals surface area contributed by atoms with Gasteiger partial charge in [0.25, 0.3) is 0 Å². The average Bonchev–Trinajstić information content (AvgIpc) is 2.81. The van der Waals surface area contributed by atoms with E-state index in [2.05, 4.69) is 10.1 Å². The van der Waals surface area contributed by atoms with Gasteiger partial charge in [0.05, 0.1) is 0 Å². The molecule has 96 valence electrons. The zero-order valence-corrected chi connectivity index (χ0v) is 10.7. The van der Waals surface area contributed by atoms with Crippen molar-refractivity contribution in [1.82, 2.24) is 10.1 Å². The van der Waals surface area contributed by atoms with E-state index in [4.69, 9.17) is 4.52 Å². The van der Waals surface area contributed by atoms with Crippen molar-refractivity contribution in [2.45, 2.75) is 26.3 Å². The van der Waals surface area contributed by atoms with Gasteiger partial charge in [0.15, 0.2) is 5.82 Å². The highest BCUT2D eigenvalue weighted by Gasteiger charge is 2.14. The summed E-state index contributed by atoms with van der Waals surface area (Å²) in [7, 11) is 1.80. The Balaban J connectivity index is 2.12. The molecule has 0 saturated carbocycles. The third-order valence-corrected chi connectivity index (χ3v) is 2.64. The van der Waals surface area contributed by atoms with E-state index < -0.39 is 0 Å². The molecule has 4 nitrogen and oxygen atoms in total. The predicted molar refractivity (Wildman–Crippen MR) is 66.9 cm³/mol. The SMILES string of the molecule is CC(C)c1noc(N(C)Cc2ccccc2F)n1. The van der Waals surface area contributed by atoms with Crippen molar-refractivity contribution >= 4 is 6.01 Å². The van der Waals surface area contributed by atoms with E-state index in [9.17, 15) is 4.39 Å². The summed E-state index contributed by atoms with van der Waals surface area (Å²) in [6.45, 7) is 4.38. The van der Waals surface area contributed by atoms with Crippen LogP contribution in [0.5, 0.6) is 0 Å². The molecule has 0 bridgehead atoms. The van der Waals surface area contributed by atoms with Gasteiger partial charge in [-0.05, 0) is 6.07 Å². The lowest BCUT2D eigenvalue weighted by Gasteiger charge is -2.13. The van der Waals surface area contributed by atoms with Crippen LogP contribution in [0.1, 0.15) is 31.2 Å². The van der Waals surface area contributed by atoms with E-state index in [0.29, 0.717) is 23.9 Å². The molecule has 0 aliphatic heterocycles. The number of halogens is 1. The fourth-order valence-electron chi connectivity index (χ4n) is 1.57. The van der Waals surface area contributed by atoms with Crippen molar-refractivity contribution < 1.29 is 8.91 Å². The Morgan fingerprint density at radius 1 is 1.33 bits per heavy atom. The molecule has 1 heterocycles. The highest BCUT2D eigenvalue weighted by atomic mass is 19.1. The summed E-state index contributed by atoms with van der Waals surface area (Å²) < 4.78 is 18.6. The van der Waals surface area contributed by atoms with Crippen LogP contribution in [-0.4, -0.2) is 17.2 Å². The topological polar surface area (TPSA) is 42.2 Å². The molecule has 5 heteroatoms.